The van der Waals surface area contributed by atoms with E-state index in [-0.39, 0.29) is 46.1 Å². The second kappa shape index (κ2) is 10.6. The van der Waals surface area contributed by atoms with Crippen LogP contribution in [0.1, 0.15) is 48.7 Å². The second-order valence-electron chi connectivity index (χ2n) is 10.2. The number of halogens is 1. The summed E-state index contributed by atoms with van der Waals surface area (Å²) in [5.41, 5.74) is 0.439. The molecule has 0 radical (unpaired) electrons. The number of carbonyl (C=O) groups is 2. The summed E-state index contributed by atoms with van der Waals surface area (Å²) in [6.45, 7) is 4.65. The fourth-order valence-corrected chi connectivity index (χ4v) is 5.34. The standard InChI is InChI=1S/C29H29FN4O6/c1-17-15-31(12-13-32(17)18(2)35)27-24(30)14-22-26(29(27)40-3)33(20-9-10-20)16-23(28(22)37)25(36)11-6-19-4-7-21(8-5-19)34(38)39/h4-8,11,14,16-17,20H,9-10,12-13,15H2,1-3H3/b11-6+. The Morgan fingerprint density at radius 3 is 2.45 bits per heavy atom. The number of benzene rings is 2. The van der Waals surface area contributed by atoms with Crippen molar-refractivity contribution in [2.75, 3.05) is 31.6 Å². The second-order valence-corrected chi connectivity index (χ2v) is 10.2. The molecule has 1 unspecified atom stereocenters. The predicted octanol–water partition coefficient (Wildman–Crippen LogP) is 4.35. The zero-order chi connectivity index (χ0) is 28.7. The van der Waals surface area contributed by atoms with Crippen molar-refractivity contribution in [3.05, 3.63) is 79.9 Å². The number of aromatic nitrogens is 1. The number of allylic oxidation sites excluding steroid dienone is 1. The zero-order valence-corrected chi connectivity index (χ0v) is 22.4. The molecule has 5 rings (SSSR count). The van der Waals surface area contributed by atoms with Crippen molar-refractivity contribution in [3.8, 4) is 5.75 Å². The van der Waals surface area contributed by atoms with Crippen LogP contribution in [0.25, 0.3) is 17.0 Å². The number of rotatable bonds is 7. The van der Waals surface area contributed by atoms with Crippen LogP contribution in [0.4, 0.5) is 15.8 Å². The number of ether oxygens (including phenoxy) is 1. The van der Waals surface area contributed by atoms with Gasteiger partial charge in [0, 0.05) is 57.0 Å². The van der Waals surface area contributed by atoms with E-state index in [2.05, 4.69) is 0 Å². The number of hydrogen-bond donors (Lipinski definition) is 0. The van der Waals surface area contributed by atoms with Crippen molar-refractivity contribution in [1.29, 1.82) is 0 Å². The molecule has 0 N–H and O–H groups in total. The molecule has 0 bridgehead atoms. The van der Waals surface area contributed by atoms with Gasteiger partial charge >= 0.3 is 0 Å². The summed E-state index contributed by atoms with van der Waals surface area (Å²) < 4.78 is 23.3. The molecule has 1 amide bonds. The van der Waals surface area contributed by atoms with E-state index in [4.69, 9.17) is 4.74 Å². The van der Waals surface area contributed by atoms with Gasteiger partial charge in [0.1, 0.15) is 5.69 Å². The van der Waals surface area contributed by atoms with Crippen molar-refractivity contribution in [2.24, 2.45) is 0 Å². The molecule has 10 nitrogen and oxygen atoms in total. The first-order chi connectivity index (χ1) is 19.1. The van der Waals surface area contributed by atoms with Gasteiger partial charge in [0.25, 0.3) is 5.69 Å². The molecule has 1 saturated heterocycles. The van der Waals surface area contributed by atoms with Crippen LogP contribution in [0.5, 0.6) is 5.75 Å². The van der Waals surface area contributed by atoms with Crippen LogP contribution in [0, 0.1) is 15.9 Å². The number of nitrogens with zero attached hydrogens (tertiary/aromatic N) is 4. The number of hydrogen-bond acceptors (Lipinski definition) is 7. The van der Waals surface area contributed by atoms with Crippen LogP contribution in [-0.2, 0) is 4.79 Å². The highest BCUT2D eigenvalue weighted by molar-refractivity contribution is 6.08. The molecule has 2 fully saturated rings. The van der Waals surface area contributed by atoms with E-state index in [9.17, 15) is 24.5 Å². The molecular formula is C29H29FN4O6. The van der Waals surface area contributed by atoms with Crippen LogP contribution < -0.4 is 15.1 Å². The van der Waals surface area contributed by atoms with Crippen LogP contribution in [0.2, 0.25) is 0 Å². The van der Waals surface area contributed by atoms with Gasteiger partial charge in [-0.15, -0.1) is 0 Å². The predicted molar refractivity (Wildman–Crippen MR) is 149 cm³/mol. The maximum absolute atomic E-state index is 15.8. The van der Waals surface area contributed by atoms with Crippen molar-refractivity contribution in [2.45, 2.75) is 38.8 Å². The quantitative estimate of drug-likeness (QED) is 0.187. The van der Waals surface area contributed by atoms with E-state index in [0.717, 1.165) is 12.8 Å². The summed E-state index contributed by atoms with van der Waals surface area (Å²) in [6, 6.07) is 6.73. The molecule has 2 heterocycles. The number of anilines is 1. The van der Waals surface area contributed by atoms with Gasteiger partial charge in [0.15, 0.2) is 17.3 Å². The van der Waals surface area contributed by atoms with E-state index in [1.54, 1.807) is 4.90 Å². The van der Waals surface area contributed by atoms with E-state index < -0.39 is 22.0 Å². The van der Waals surface area contributed by atoms with Crippen LogP contribution in [0.15, 0.2) is 47.4 Å². The monoisotopic (exact) mass is 548 g/mol. The van der Waals surface area contributed by atoms with E-state index in [1.807, 2.05) is 16.4 Å². The lowest BCUT2D eigenvalue weighted by molar-refractivity contribution is -0.384. The van der Waals surface area contributed by atoms with Gasteiger partial charge in [0.2, 0.25) is 11.3 Å². The SMILES string of the molecule is COc1c(N2CCN(C(C)=O)C(C)C2)c(F)cc2c(=O)c(C(=O)/C=C/c3ccc([N+](=O)[O-])cc3)cn(C3CC3)c12. The Balaban J connectivity index is 1.57. The van der Waals surface area contributed by atoms with Crippen molar-refractivity contribution in [3.63, 3.8) is 0 Å². The zero-order valence-electron chi connectivity index (χ0n) is 22.4. The van der Waals surface area contributed by atoms with Gasteiger partial charge in [0.05, 0.1) is 28.5 Å². The first kappa shape index (κ1) is 27.0. The fraction of sp³-hybridized carbons (Fsp3) is 0.345. The molecule has 11 heteroatoms. The Bertz CT molecular complexity index is 1610. The van der Waals surface area contributed by atoms with Gasteiger partial charge < -0.3 is 19.1 Å². The number of amides is 1. The summed E-state index contributed by atoms with van der Waals surface area (Å²) in [4.78, 5) is 52.6. The Morgan fingerprint density at radius 1 is 1.18 bits per heavy atom. The molecule has 40 heavy (non-hydrogen) atoms. The molecule has 1 saturated carbocycles. The average molecular weight is 549 g/mol. The number of nitro groups is 1. The summed E-state index contributed by atoms with van der Waals surface area (Å²) in [6.07, 6.45) is 5.91. The fourth-order valence-electron chi connectivity index (χ4n) is 5.34. The lowest BCUT2D eigenvalue weighted by atomic mass is 10.0. The highest BCUT2D eigenvalue weighted by atomic mass is 19.1. The number of nitro benzene ring substituents is 1. The maximum atomic E-state index is 15.8. The normalized spacial score (nSPS) is 17.4. The number of fused-ring (bicyclic) bond motifs is 1. The summed E-state index contributed by atoms with van der Waals surface area (Å²) in [7, 11) is 1.43. The average Bonchev–Trinajstić information content (AvgIpc) is 3.77. The third-order valence-electron chi connectivity index (χ3n) is 7.49. The summed E-state index contributed by atoms with van der Waals surface area (Å²) in [5.74, 6) is -1.01. The van der Waals surface area contributed by atoms with E-state index in [0.29, 0.717) is 30.7 Å². The first-order valence-corrected chi connectivity index (χ1v) is 13.0. The van der Waals surface area contributed by atoms with Gasteiger partial charge in [-0.25, -0.2) is 4.39 Å². The van der Waals surface area contributed by atoms with Crippen LogP contribution >= 0.6 is 0 Å². The molecule has 2 aromatic carbocycles. The minimum absolute atomic E-state index is 0.0361. The molecular weight excluding hydrogens is 519 g/mol. The maximum Gasteiger partial charge on any atom is 0.269 e. The molecule has 1 aliphatic heterocycles. The van der Waals surface area contributed by atoms with Gasteiger partial charge in [-0.3, -0.25) is 24.5 Å². The first-order valence-electron chi connectivity index (χ1n) is 13.0. The Labute approximate surface area is 229 Å². The highest BCUT2D eigenvalue weighted by Crippen LogP contribution is 2.44. The number of carbonyl (C=O) groups excluding carboxylic acids is 2. The van der Waals surface area contributed by atoms with Gasteiger partial charge in [-0.1, -0.05) is 6.08 Å². The third kappa shape index (κ3) is 4.94. The molecule has 3 aromatic rings. The molecule has 1 aromatic heterocycles. The van der Waals surface area contributed by atoms with E-state index >= 15 is 4.39 Å². The topological polar surface area (TPSA) is 115 Å². The highest BCUT2D eigenvalue weighted by Gasteiger charge is 2.33. The lowest BCUT2D eigenvalue weighted by Crippen LogP contribution is -2.53. The Hall–Kier alpha value is -4.54. The number of piperazine rings is 1. The molecule has 0 spiro atoms. The Morgan fingerprint density at radius 2 is 1.88 bits per heavy atom. The Kier molecular flexibility index (Phi) is 7.14. The minimum Gasteiger partial charge on any atom is -0.492 e. The van der Waals surface area contributed by atoms with E-state index in [1.165, 1.54) is 62.7 Å². The van der Waals surface area contributed by atoms with Gasteiger partial charge in [-0.05, 0) is 49.6 Å². The molecule has 208 valence electrons. The number of pyridine rings is 1. The van der Waals surface area contributed by atoms with Crippen molar-refractivity contribution in [1.82, 2.24) is 9.47 Å². The van der Waals surface area contributed by atoms with Crippen molar-refractivity contribution < 1.29 is 23.6 Å². The van der Waals surface area contributed by atoms with Crippen LogP contribution in [-0.4, -0.2) is 58.9 Å². The van der Waals surface area contributed by atoms with Crippen molar-refractivity contribution >= 4 is 40.0 Å². The molecule has 1 aliphatic carbocycles. The van der Waals surface area contributed by atoms with Crippen LogP contribution in [0.3, 0.4) is 0 Å². The number of methoxy groups -OCH3 is 1. The summed E-state index contributed by atoms with van der Waals surface area (Å²) >= 11 is 0. The number of ketones is 1. The van der Waals surface area contributed by atoms with Gasteiger partial charge in [-0.2, -0.15) is 0 Å². The molecule has 1 atom stereocenters. The minimum atomic E-state index is -0.640. The third-order valence-corrected chi connectivity index (χ3v) is 7.49. The summed E-state index contributed by atoms with van der Waals surface area (Å²) in [5, 5.41) is 10.9. The largest absolute Gasteiger partial charge is 0.492 e. The smallest absolute Gasteiger partial charge is 0.269 e. The number of non-ortho nitro benzene ring substituents is 1. The molecule has 2 aliphatic rings. The lowest BCUT2D eigenvalue weighted by Gasteiger charge is -2.41.